The monoisotopic (exact) mass is 404 g/mol. The number of nitrogens with two attached hydrogens (primary N) is 1. The molecule has 3 amide bonds. The van der Waals surface area contributed by atoms with Crippen LogP contribution in [0.1, 0.15) is 12.5 Å². The first-order valence-corrected chi connectivity index (χ1v) is 7.95. The number of carbonyl (C=O) groups excluding carboxylic acids is 2. The highest BCUT2D eigenvalue weighted by molar-refractivity contribution is 6.32. The summed E-state index contributed by atoms with van der Waals surface area (Å²) in [6.45, 7) is 4.88. The second kappa shape index (κ2) is 7.78. The molecule has 0 fully saturated rings. The molecule has 1 atom stereocenters. The normalized spacial score (nSPS) is 15.7. The Morgan fingerprint density at radius 3 is 2.70 bits per heavy atom. The fraction of sp³-hybridized carbons (Fsp3) is 0.250. The van der Waals surface area contributed by atoms with Gasteiger partial charge in [0.05, 0.1) is 28.0 Å². The van der Waals surface area contributed by atoms with Crippen molar-refractivity contribution in [2.75, 3.05) is 6.61 Å². The molecule has 1 aliphatic rings. The van der Waals surface area contributed by atoms with Crippen molar-refractivity contribution >= 4 is 23.5 Å². The van der Waals surface area contributed by atoms with Crippen LogP contribution in [0.25, 0.3) is 0 Å². The van der Waals surface area contributed by atoms with E-state index in [1.165, 1.54) is 6.07 Å². The maximum atomic E-state index is 12.8. The van der Waals surface area contributed by atoms with Crippen molar-refractivity contribution in [3.8, 4) is 5.75 Å². The summed E-state index contributed by atoms with van der Waals surface area (Å²) in [7, 11) is 0. The second-order valence-electron chi connectivity index (χ2n) is 5.65. The molecule has 11 heteroatoms. The van der Waals surface area contributed by atoms with Crippen molar-refractivity contribution in [3.63, 3.8) is 0 Å². The minimum atomic E-state index is -4.62. The molecule has 0 aliphatic carbocycles. The van der Waals surface area contributed by atoms with Gasteiger partial charge in [0.15, 0.2) is 0 Å². The number of urea groups is 1. The summed E-state index contributed by atoms with van der Waals surface area (Å²) < 4.78 is 43.8. The summed E-state index contributed by atoms with van der Waals surface area (Å²) in [5.74, 6) is -0.871. The van der Waals surface area contributed by atoms with Gasteiger partial charge in [-0.2, -0.15) is 13.2 Å². The molecule has 1 heterocycles. The third kappa shape index (κ3) is 4.85. The van der Waals surface area contributed by atoms with Crippen molar-refractivity contribution in [3.05, 3.63) is 52.5 Å². The second-order valence-corrected chi connectivity index (χ2v) is 6.03. The number of hydrogen-bond acceptors (Lipinski definition) is 4. The molecule has 1 aromatic carbocycles. The van der Waals surface area contributed by atoms with Crippen LogP contribution in [-0.4, -0.2) is 24.6 Å². The highest BCUT2D eigenvalue weighted by Gasteiger charge is 2.34. The average molecular weight is 405 g/mol. The molecule has 27 heavy (non-hydrogen) atoms. The number of ether oxygens (including phenoxy) is 1. The molecule has 0 spiro atoms. The van der Waals surface area contributed by atoms with Gasteiger partial charge in [0.25, 0.3) is 5.91 Å². The van der Waals surface area contributed by atoms with E-state index in [0.717, 1.165) is 12.1 Å². The van der Waals surface area contributed by atoms with Crippen LogP contribution >= 0.6 is 11.6 Å². The largest absolute Gasteiger partial charge is 0.490 e. The molecule has 7 nitrogen and oxygen atoms in total. The van der Waals surface area contributed by atoms with Crippen molar-refractivity contribution in [2.24, 2.45) is 5.73 Å². The van der Waals surface area contributed by atoms with Crippen LogP contribution in [0.5, 0.6) is 5.75 Å². The van der Waals surface area contributed by atoms with Gasteiger partial charge in [0, 0.05) is 0 Å². The number of rotatable bonds is 5. The van der Waals surface area contributed by atoms with Gasteiger partial charge in [0.1, 0.15) is 18.1 Å². The topological polar surface area (TPSA) is 105 Å². The predicted octanol–water partition coefficient (Wildman–Crippen LogP) is 2.24. The molecular weight excluding hydrogens is 389 g/mol. The number of amides is 3. The molecule has 0 bridgehead atoms. The Labute approximate surface area is 157 Å². The Morgan fingerprint density at radius 1 is 1.41 bits per heavy atom. The lowest BCUT2D eigenvalue weighted by Gasteiger charge is -2.22. The zero-order valence-electron chi connectivity index (χ0n) is 14.0. The Hall–Kier alpha value is -2.88. The van der Waals surface area contributed by atoms with Crippen molar-refractivity contribution < 1.29 is 27.5 Å². The van der Waals surface area contributed by atoms with Crippen LogP contribution in [0.4, 0.5) is 18.0 Å². The summed E-state index contributed by atoms with van der Waals surface area (Å²) in [5, 5.41) is 6.49. The quantitative estimate of drug-likeness (QED) is 0.604. The Kier molecular flexibility index (Phi) is 5.89. The lowest BCUT2D eigenvalue weighted by Crippen LogP contribution is -2.49. The van der Waals surface area contributed by atoms with E-state index in [2.05, 4.69) is 22.5 Å². The van der Waals surface area contributed by atoms with E-state index in [0.29, 0.717) is 0 Å². The molecule has 0 saturated carbocycles. The fourth-order valence-corrected chi connectivity index (χ4v) is 2.43. The highest BCUT2D eigenvalue weighted by atomic mass is 35.5. The number of halogens is 4. The summed E-state index contributed by atoms with van der Waals surface area (Å²) >= 11 is 5.74. The first-order valence-electron chi connectivity index (χ1n) is 7.57. The van der Waals surface area contributed by atoms with Gasteiger partial charge in [-0.1, -0.05) is 24.2 Å². The molecule has 1 aliphatic heterocycles. The zero-order chi connectivity index (χ0) is 20.4. The van der Waals surface area contributed by atoms with Gasteiger partial charge in [-0.05, 0) is 19.1 Å². The number of benzene rings is 1. The molecule has 0 radical (unpaired) electrons. The Bertz CT molecular complexity index is 824. The van der Waals surface area contributed by atoms with Gasteiger partial charge in [-0.3, -0.25) is 4.79 Å². The van der Waals surface area contributed by atoms with Gasteiger partial charge in [-0.25, -0.2) is 4.79 Å². The van der Waals surface area contributed by atoms with Gasteiger partial charge < -0.3 is 26.4 Å². The summed E-state index contributed by atoms with van der Waals surface area (Å²) in [6.07, 6.45) is -4.62. The standard InChI is InChI=1S/C16H16ClF3N4O3/c1-7(22-14(25)13-12(21)8(2)23-15(26)24-13)6-27-10-5-3-4-9(11(10)17)16(18,19)20/h3-5,7H,2,6,21H2,1H3,(H,22,25)(H2,23,24,26)/t7-/m1/s1. The summed E-state index contributed by atoms with van der Waals surface area (Å²) in [6, 6.07) is 1.98. The van der Waals surface area contributed by atoms with E-state index in [9.17, 15) is 22.8 Å². The van der Waals surface area contributed by atoms with Gasteiger partial charge in [-0.15, -0.1) is 0 Å². The maximum Gasteiger partial charge on any atom is 0.417 e. The Balaban J connectivity index is 2.02. The average Bonchev–Trinajstić information content (AvgIpc) is 2.56. The smallest absolute Gasteiger partial charge is 0.417 e. The molecule has 146 valence electrons. The van der Waals surface area contributed by atoms with Crippen molar-refractivity contribution in [1.82, 2.24) is 16.0 Å². The number of carbonyl (C=O) groups is 2. The number of hydrogen-bond donors (Lipinski definition) is 4. The van der Waals surface area contributed by atoms with Crippen molar-refractivity contribution in [2.45, 2.75) is 19.1 Å². The van der Waals surface area contributed by atoms with Crippen LogP contribution in [-0.2, 0) is 11.0 Å². The van der Waals surface area contributed by atoms with E-state index in [1.54, 1.807) is 6.92 Å². The molecule has 2 rings (SSSR count). The maximum absolute atomic E-state index is 12.8. The fourth-order valence-electron chi connectivity index (χ4n) is 2.14. The van der Waals surface area contributed by atoms with Crippen LogP contribution in [0.3, 0.4) is 0 Å². The molecule has 1 aromatic rings. The van der Waals surface area contributed by atoms with E-state index in [-0.39, 0.29) is 29.4 Å². The van der Waals surface area contributed by atoms with Gasteiger partial charge >= 0.3 is 12.2 Å². The first kappa shape index (κ1) is 20.4. The molecule has 0 aromatic heterocycles. The van der Waals surface area contributed by atoms with E-state index >= 15 is 0 Å². The zero-order valence-corrected chi connectivity index (χ0v) is 14.8. The Morgan fingerprint density at radius 2 is 2.07 bits per heavy atom. The molecular formula is C16H16ClF3N4O3. The first-order chi connectivity index (χ1) is 12.5. The van der Waals surface area contributed by atoms with Crippen LogP contribution in [0, 0.1) is 0 Å². The third-order valence-corrected chi connectivity index (χ3v) is 3.85. The SMILES string of the molecule is C=C1NC(=O)NC(C(=O)N[C@H](C)COc2cccc(C(F)(F)F)c2Cl)=C1N. The van der Waals surface area contributed by atoms with Gasteiger partial charge in [0.2, 0.25) is 0 Å². The van der Waals surface area contributed by atoms with Crippen molar-refractivity contribution in [1.29, 1.82) is 0 Å². The minimum Gasteiger partial charge on any atom is -0.490 e. The van der Waals surface area contributed by atoms with E-state index < -0.39 is 34.7 Å². The number of alkyl halides is 3. The summed E-state index contributed by atoms with van der Waals surface area (Å²) in [5.41, 5.74) is 4.51. The molecule has 0 saturated heterocycles. The molecule has 0 unspecified atom stereocenters. The van der Waals surface area contributed by atoms with E-state index in [4.69, 9.17) is 22.1 Å². The summed E-state index contributed by atoms with van der Waals surface area (Å²) in [4.78, 5) is 23.6. The van der Waals surface area contributed by atoms with E-state index in [1.807, 2.05) is 0 Å². The predicted molar refractivity (Wildman–Crippen MR) is 91.6 cm³/mol. The lowest BCUT2D eigenvalue weighted by molar-refractivity contribution is -0.137. The highest BCUT2D eigenvalue weighted by Crippen LogP contribution is 2.39. The molecule has 5 N–H and O–H groups in total. The van der Waals surface area contributed by atoms with Crippen LogP contribution in [0.2, 0.25) is 5.02 Å². The third-order valence-electron chi connectivity index (χ3n) is 3.46. The number of nitrogens with one attached hydrogen (secondary N) is 3. The minimum absolute atomic E-state index is 0.0406. The lowest BCUT2D eigenvalue weighted by atomic mass is 10.2. The van der Waals surface area contributed by atoms with Crippen LogP contribution in [0.15, 0.2) is 41.9 Å². The van der Waals surface area contributed by atoms with Crippen LogP contribution < -0.4 is 26.4 Å².